The average Bonchev–Trinajstić information content (AvgIpc) is 2.79. The molecule has 0 spiro atoms. The van der Waals surface area contributed by atoms with Gasteiger partial charge in [0.2, 0.25) is 0 Å². The normalized spacial score (nSPS) is 10.6. The van der Waals surface area contributed by atoms with Gasteiger partial charge in [0.25, 0.3) is 0 Å². The van der Waals surface area contributed by atoms with Gasteiger partial charge in [-0.05, 0) is 17.7 Å². The lowest BCUT2D eigenvalue weighted by molar-refractivity contribution is -0.133. The molecule has 20 heavy (non-hydrogen) atoms. The Kier molecular flexibility index (Phi) is 3.35. The summed E-state index contributed by atoms with van der Waals surface area (Å²) in [6.07, 6.45) is 0.209. The number of benzene rings is 2. The second-order valence-corrected chi connectivity index (χ2v) is 5.18. The third-order valence-corrected chi connectivity index (χ3v) is 3.51. The number of rotatable bonds is 3. The Labute approximate surface area is 118 Å². The van der Waals surface area contributed by atoms with Crippen LogP contribution in [-0.4, -0.2) is 5.97 Å². The lowest BCUT2D eigenvalue weighted by Crippen LogP contribution is -2.10. The predicted octanol–water partition coefficient (Wildman–Crippen LogP) is 3.00. The number of fused-ring (bicyclic) bond motifs is 1. The van der Waals surface area contributed by atoms with E-state index in [-0.39, 0.29) is 17.3 Å². The van der Waals surface area contributed by atoms with Gasteiger partial charge in [-0.15, -0.1) is 0 Å². The predicted molar refractivity (Wildman–Crippen MR) is 76.1 cm³/mol. The maximum Gasteiger partial charge on any atom is 0.396 e. The topological polar surface area (TPSA) is 56.5 Å². The van der Waals surface area contributed by atoms with Gasteiger partial charge in [0.1, 0.15) is 11.3 Å². The Bertz CT molecular complexity index is 801. The van der Waals surface area contributed by atoms with E-state index in [1.54, 1.807) is 18.2 Å². The third kappa shape index (κ3) is 2.78. The fraction of sp³-hybridized carbons (Fsp3) is 0.0667. The highest BCUT2D eigenvalue weighted by molar-refractivity contribution is 7.16. The highest BCUT2D eigenvalue weighted by Gasteiger charge is 2.08. The number of ether oxygens (including phenoxy) is 1. The van der Waals surface area contributed by atoms with Crippen molar-refractivity contribution in [3.05, 3.63) is 63.8 Å². The Morgan fingerprint density at radius 1 is 1.15 bits per heavy atom. The molecule has 2 aromatic carbocycles. The van der Waals surface area contributed by atoms with Crippen LogP contribution in [-0.2, 0) is 11.2 Å². The molecule has 3 rings (SSSR count). The molecule has 0 aliphatic carbocycles. The fourth-order valence-corrected chi connectivity index (χ4v) is 2.54. The minimum absolute atomic E-state index is 0.209. The molecule has 0 amide bonds. The van der Waals surface area contributed by atoms with Crippen LogP contribution < -0.4 is 9.68 Å². The monoisotopic (exact) mass is 286 g/mol. The molecule has 1 heterocycles. The number of esters is 1. The molecular weight excluding hydrogens is 276 g/mol. The van der Waals surface area contributed by atoms with Gasteiger partial charge in [-0.1, -0.05) is 41.7 Å². The van der Waals surface area contributed by atoms with Crippen LogP contribution in [0.25, 0.3) is 10.3 Å². The summed E-state index contributed by atoms with van der Waals surface area (Å²) in [7, 11) is 0. The maximum atomic E-state index is 11.8. The van der Waals surface area contributed by atoms with Gasteiger partial charge >= 0.3 is 10.9 Å². The second-order valence-electron chi connectivity index (χ2n) is 4.20. The van der Waals surface area contributed by atoms with Crippen LogP contribution in [0.1, 0.15) is 5.56 Å². The van der Waals surface area contributed by atoms with Gasteiger partial charge < -0.3 is 9.15 Å². The summed E-state index contributed by atoms with van der Waals surface area (Å²) >= 11 is 0.984. The van der Waals surface area contributed by atoms with E-state index in [1.807, 2.05) is 30.3 Å². The first-order valence-electron chi connectivity index (χ1n) is 5.99. The standard InChI is InChI=1S/C15H10O4S/c16-14(8-10-4-2-1-3-5-10)18-11-6-7-12-13(9-11)20-15(17)19-12/h1-7,9H,8H2. The van der Waals surface area contributed by atoms with Crippen molar-refractivity contribution in [3.8, 4) is 5.75 Å². The zero-order valence-electron chi connectivity index (χ0n) is 10.4. The fourth-order valence-electron chi connectivity index (χ4n) is 1.85. The van der Waals surface area contributed by atoms with Crippen molar-refractivity contribution in [2.45, 2.75) is 6.42 Å². The van der Waals surface area contributed by atoms with Crippen molar-refractivity contribution < 1.29 is 13.9 Å². The summed E-state index contributed by atoms with van der Waals surface area (Å²) in [6, 6.07) is 14.2. The lowest BCUT2D eigenvalue weighted by atomic mass is 10.2. The molecular formula is C15H10O4S. The van der Waals surface area contributed by atoms with Gasteiger partial charge in [-0.25, -0.2) is 4.79 Å². The number of carbonyl (C=O) groups is 1. The number of hydrogen-bond donors (Lipinski definition) is 0. The summed E-state index contributed by atoms with van der Waals surface area (Å²) in [5.74, 6) is 0.0712. The van der Waals surface area contributed by atoms with Crippen LogP contribution in [0.3, 0.4) is 0 Å². The molecule has 0 saturated heterocycles. The zero-order valence-corrected chi connectivity index (χ0v) is 11.2. The molecule has 5 heteroatoms. The molecule has 0 radical (unpaired) electrons. The first kappa shape index (κ1) is 12.6. The summed E-state index contributed by atoms with van der Waals surface area (Å²) in [6.45, 7) is 0. The van der Waals surface area contributed by atoms with Crippen LogP contribution in [0, 0.1) is 0 Å². The SMILES string of the molecule is O=C(Cc1ccccc1)Oc1ccc2oc(=O)sc2c1. The van der Waals surface area contributed by atoms with Gasteiger partial charge in [0.15, 0.2) is 0 Å². The highest BCUT2D eigenvalue weighted by atomic mass is 32.1. The molecule has 0 atom stereocenters. The van der Waals surface area contributed by atoms with Gasteiger partial charge in [-0.3, -0.25) is 4.79 Å². The van der Waals surface area contributed by atoms with E-state index >= 15 is 0 Å². The van der Waals surface area contributed by atoms with Crippen LogP contribution in [0.5, 0.6) is 5.75 Å². The molecule has 100 valence electrons. The molecule has 1 aromatic heterocycles. The Hall–Kier alpha value is -2.40. The second kappa shape index (κ2) is 5.30. The molecule has 4 nitrogen and oxygen atoms in total. The first-order valence-corrected chi connectivity index (χ1v) is 6.81. The third-order valence-electron chi connectivity index (χ3n) is 2.72. The summed E-state index contributed by atoms with van der Waals surface area (Å²) in [5.41, 5.74) is 1.40. The maximum absolute atomic E-state index is 11.8. The van der Waals surface area contributed by atoms with Crippen molar-refractivity contribution in [1.82, 2.24) is 0 Å². The minimum Gasteiger partial charge on any atom is -0.426 e. The van der Waals surface area contributed by atoms with Gasteiger partial charge in [0.05, 0.1) is 11.1 Å². The smallest absolute Gasteiger partial charge is 0.396 e. The van der Waals surface area contributed by atoms with Crippen molar-refractivity contribution >= 4 is 27.6 Å². The van der Waals surface area contributed by atoms with Crippen LogP contribution >= 0.6 is 11.3 Å². The van der Waals surface area contributed by atoms with E-state index in [4.69, 9.17) is 9.15 Å². The molecule has 0 N–H and O–H groups in total. The van der Waals surface area contributed by atoms with Crippen molar-refractivity contribution in [2.75, 3.05) is 0 Å². The molecule has 3 aromatic rings. The molecule has 0 aliphatic rings. The van der Waals surface area contributed by atoms with Crippen molar-refractivity contribution in [3.63, 3.8) is 0 Å². The highest BCUT2D eigenvalue weighted by Crippen LogP contribution is 2.23. The van der Waals surface area contributed by atoms with Crippen molar-refractivity contribution in [2.24, 2.45) is 0 Å². The minimum atomic E-state index is -0.368. The van der Waals surface area contributed by atoms with E-state index in [9.17, 15) is 9.59 Å². The molecule has 0 bridgehead atoms. The summed E-state index contributed by atoms with van der Waals surface area (Å²) in [4.78, 5) is 22.6. The van der Waals surface area contributed by atoms with E-state index in [2.05, 4.69) is 0 Å². The van der Waals surface area contributed by atoms with E-state index in [0.717, 1.165) is 16.9 Å². The van der Waals surface area contributed by atoms with Crippen LogP contribution in [0.15, 0.2) is 57.7 Å². The summed E-state index contributed by atoms with van der Waals surface area (Å²) in [5, 5.41) is 0. The van der Waals surface area contributed by atoms with E-state index in [1.165, 1.54) is 0 Å². The van der Waals surface area contributed by atoms with Gasteiger partial charge in [-0.2, -0.15) is 0 Å². The lowest BCUT2D eigenvalue weighted by Gasteiger charge is -2.04. The average molecular weight is 286 g/mol. The molecule has 0 aliphatic heterocycles. The van der Waals surface area contributed by atoms with E-state index in [0.29, 0.717) is 16.0 Å². The quantitative estimate of drug-likeness (QED) is 0.548. The van der Waals surface area contributed by atoms with Crippen molar-refractivity contribution in [1.29, 1.82) is 0 Å². The molecule has 0 fully saturated rings. The first-order chi connectivity index (χ1) is 9.70. The van der Waals surface area contributed by atoms with E-state index < -0.39 is 0 Å². The van der Waals surface area contributed by atoms with Crippen LogP contribution in [0.2, 0.25) is 0 Å². The zero-order chi connectivity index (χ0) is 13.9. The largest absolute Gasteiger partial charge is 0.426 e. The number of carbonyl (C=O) groups excluding carboxylic acids is 1. The molecule has 0 unspecified atom stereocenters. The Balaban J connectivity index is 1.75. The summed E-state index contributed by atoms with van der Waals surface area (Å²) < 4.78 is 10.9. The van der Waals surface area contributed by atoms with Gasteiger partial charge in [0, 0.05) is 6.07 Å². The molecule has 0 saturated carbocycles. The number of hydrogen-bond acceptors (Lipinski definition) is 5. The Morgan fingerprint density at radius 3 is 2.75 bits per heavy atom. The Morgan fingerprint density at radius 2 is 1.95 bits per heavy atom. The van der Waals surface area contributed by atoms with Crippen LogP contribution in [0.4, 0.5) is 0 Å².